The molecule has 0 saturated heterocycles. The van der Waals surface area contributed by atoms with Crippen LogP contribution in [0.4, 0.5) is 10.6 Å². The fourth-order valence-corrected chi connectivity index (χ4v) is 1.37. The molecule has 6 nitrogen and oxygen atoms in total. The van der Waals surface area contributed by atoms with Crippen molar-refractivity contribution in [2.75, 3.05) is 12.3 Å². The number of aromatic nitrogens is 2. The topological polar surface area (TPSA) is 82.2 Å². The van der Waals surface area contributed by atoms with Crippen LogP contribution in [0.25, 0.3) is 6.08 Å². The SMILES string of the molecule is Cn1ncc(C=CCCNC(=O)OC(C)(C)C)c1N. The Bertz CT molecular complexity index is 458. The lowest BCUT2D eigenvalue weighted by molar-refractivity contribution is 0.0529. The fraction of sp³-hybridized carbons (Fsp3) is 0.538. The van der Waals surface area contributed by atoms with E-state index in [1.807, 2.05) is 32.9 Å². The van der Waals surface area contributed by atoms with Crippen LogP contribution in [0, 0.1) is 0 Å². The van der Waals surface area contributed by atoms with Crippen molar-refractivity contribution in [1.82, 2.24) is 15.1 Å². The molecule has 0 aliphatic heterocycles. The minimum absolute atomic E-state index is 0.401. The number of hydrogen-bond donors (Lipinski definition) is 2. The normalized spacial score (nSPS) is 11.8. The summed E-state index contributed by atoms with van der Waals surface area (Å²) in [6, 6.07) is 0. The minimum atomic E-state index is -0.468. The molecule has 1 aromatic rings. The number of nitrogens with zero attached hydrogens (tertiary/aromatic N) is 2. The number of nitrogens with two attached hydrogens (primary N) is 1. The van der Waals surface area contributed by atoms with Crippen LogP contribution in [0.5, 0.6) is 0 Å². The molecule has 19 heavy (non-hydrogen) atoms. The molecule has 0 atom stereocenters. The van der Waals surface area contributed by atoms with Crippen LogP contribution in [-0.4, -0.2) is 28.0 Å². The van der Waals surface area contributed by atoms with Gasteiger partial charge in [-0.05, 0) is 27.2 Å². The summed E-state index contributed by atoms with van der Waals surface area (Å²) in [5.74, 6) is 0.622. The third-order valence-electron chi connectivity index (χ3n) is 2.29. The van der Waals surface area contributed by atoms with E-state index in [-0.39, 0.29) is 0 Å². The maximum atomic E-state index is 11.4. The van der Waals surface area contributed by atoms with Gasteiger partial charge in [0.25, 0.3) is 0 Å². The molecule has 0 radical (unpaired) electrons. The van der Waals surface area contributed by atoms with Crippen LogP contribution in [0.15, 0.2) is 12.3 Å². The van der Waals surface area contributed by atoms with Crippen LogP contribution < -0.4 is 11.1 Å². The number of amides is 1. The van der Waals surface area contributed by atoms with E-state index in [9.17, 15) is 4.79 Å². The molecule has 0 unspecified atom stereocenters. The van der Waals surface area contributed by atoms with Gasteiger partial charge in [-0.25, -0.2) is 4.79 Å². The van der Waals surface area contributed by atoms with E-state index in [4.69, 9.17) is 10.5 Å². The molecule has 0 aliphatic rings. The Morgan fingerprint density at radius 2 is 2.26 bits per heavy atom. The summed E-state index contributed by atoms with van der Waals surface area (Å²) in [6.45, 7) is 6.01. The van der Waals surface area contributed by atoms with Crippen LogP contribution in [-0.2, 0) is 11.8 Å². The molecule has 0 spiro atoms. The van der Waals surface area contributed by atoms with E-state index in [1.54, 1.807) is 17.9 Å². The average molecular weight is 266 g/mol. The summed E-state index contributed by atoms with van der Waals surface area (Å²) in [7, 11) is 1.79. The van der Waals surface area contributed by atoms with Crippen molar-refractivity contribution in [1.29, 1.82) is 0 Å². The molecule has 1 heterocycles. The standard InChI is InChI=1S/C13H22N4O2/c1-13(2,3)19-12(18)15-8-6-5-7-10-9-16-17(4)11(10)14/h5,7,9H,6,8,14H2,1-4H3,(H,15,18). The first-order valence-electron chi connectivity index (χ1n) is 6.20. The first-order valence-corrected chi connectivity index (χ1v) is 6.20. The molecular formula is C13H22N4O2. The molecule has 0 aliphatic carbocycles. The zero-order valence-electron chi connectivity index (χ0n) is 11.9. The first kappa shape index (κ1) is 15.1. The molecule has 6 heteroatoms. The summed E-state index contributed by atoms with van der Waals surface area (Å²) >= 11 is 0. The number of ether oxygens (including phenoxy) is 1. The van der Waals surface area contributed by atoms with Gasteiger partial charge >= 0.3 is 6.09 Å². The van der Waals surface area contributed by atoms with Gasteiger partial charge in [0.2, 0.25) is 0 Å². The van der Waals surface area contributed by atoms with E-state index in [0.717, 1.165) is 5.56 Å². The maximum absolute atomic E-state index is 11.4. The van der Waals surface area contributed by atoms with Crippen molar-refractivity contribution in [3.05, 3.63) is 17.8 Å². The zero-order chi connectivity index (χ0) is 14.5. The lowest BCUT2D eigenvalue weighted by Gasteiger charge is -2.19. The molecule has 106 valence electrons. The fourth-order valence-electron chi connectivity index (χ4n) is 1.37. The Balaban J connectivity index is 2.28. The predicted octanol–water partition coefficient (Wildman–Crippen LogP) is 1.93. The first-order chi connectivity index (χ1) is 8.79. The highest BCUT2D eigenvalue weighted by atomic mass is 16.6. The van der Waals surface area contributed by atoms with Gasteiger partial charge in [0, 0.05) is 19.2 Å². The van der Waals surface area contributed by atoms with Gasteiger partial charge in [-0.1, -0.05) is 12.2 Å². The van der Waals surface area contributed by atoms with E-state index < -0.39 is 11.7 Å². The molecule has 0 saturated carbocycles. The number of aryl methyl sites for hydroxylation is 1. The Kier molecular flexibility index (Phi) is 4.97. The Morgan fingerprint density at radius 1 is 1.58 bits per heavy atom. The second-order valence-corrected chi connectivity index (χ2v) is 5.23. The lowest BCUT2D eigenvalue weighted by atomic mass is 10.2. The highest BCUT2D eigenvalue weighted by molar-refractivity contribution is 5.67. The predicted molar refractivity (Wildman–Crippen MR) is 75.5 cm³/mol. The molecule has 0 fully saturated rings. The largest absolute Gasteiger partial charge is 0.444 e. The van der Waals surface area contributed by atoms with Gasteiger partial charge in [0.05, 0.1) is 6.20 Å². The monoisotopic (exact) mass is 266 g/mol. The Morgan fingerprint density at radius 3 is 2.79 bits per heavy atom. The number of rotatable bonds is 4. The van der Waals surface area contributed by atoms with Crippen LogP contribution >= 0.6 is 0 Å². The van der Waals surface area contributed by atoms with Crippen molar-refractivity contribution in [3.63, 3.8) is 0 Å². The molecule has 0 aromatic carbocycles. The number of carbonyl (C=O) groups excluding carboxylic acids is 1. The van der Waals surface area contributed by atoms with Crippen LogP contribution in [0.2, 0.25) is 0 Å². The zero-order valence-corrected chi connectivity index (χ0v) is 11.9. The number of carbonyl (C=O) groups is 1. The van der Waals surface area contributed by atoms with Crippen molar-refractivity contribution in [2.24, 2.45) is 7.05 Å². The number of hydrogen-bond acceptors (Lipinski definition) is 4. The minimum Gasteiger partial charge on any atom is -0.444 e. The van der Waals surface area contributed by atoms with Crippen molar-refractivity contribution >= 4 is 18.0 Å². The number of anilines is 1. The van der Waals surface area contributed by atoms with Gasteiger partial charge in [0.1, 0.15) is 11.4 Å². The van der Waals surface area contributed by atoms with Gasteiger partial charge in [-0.2, -0.15) is 5.10 Å². The second kappa shape index (κ2) is 6.26. The summed E-state index contributed by atoms with van der Waals surface area (Å²) in [5.41, 5.74) is 6.20. The molecule has 3 N–H and O–H groups in total. The summed E-state index contributed by atoms with van der Waals surface area (Å²) < 4.78 is 6.73. The Hall–Kier alpha value is -1.98. The van der Waals surface area contributed by atoms with Crippen molar-refractivity contribution in [2.45, 2.75) is 32.8 Å². The van der Waals surface area contributed by atoms with Crippen molar-refractivity contribution < 1.29 is 9.53 Å². The summed E-state index contributed by atoms with van der Waals surface area (Å²) in [4.78, 5) is 11.4. The molecule has 1 rings (SSSR count). The maximum Gasteiger partial charge on any atom is 0.407 e. The quantitative estimate of drug-likeness (QED) is 0.816. The molecular weight excluding hydrogens is 244 g/mol. The number of nitrogens with one attached hydrogen (secondary N) is 1. The Labute approximate surface area is 113 Å². The smallest absolute Gasteiger partial charge is 0.407 e. The van der Waals surface area contributed by atoms with Gasteiger partial charge in [-0.3, -0.25) is 4.68 Å². The lowest BCUT2D eigenvalue weighted by Crippen LogP contribution is -2.32. The second-order valence-electron chi connectivity index (χ2n) is 5.23. The van der Waals surface area contributed by atoms with E-state index in [0.29, 0.717) is 18.8 Å². The third kappa shape index (κ3) is 5.46. The van der Waals surface area contributed by atoms with Crippen molar-refractivity contribution in [3.8, 4) is 0 Å². The van der Waals surface area contributed by atoms with Crippen LogP contribution in [0.1, 0.15) is 32.8 Å². The van der Waals surface area contributed by atoms with Crippen LogP contribution in [0.3, 0.4) is 0 Å². The van der Waals surface area contributed by atoms with E-state index in [2.05, 4.69) is 10.4 Å². The van der Waals surface area contributed by atoms with E-state index >= 15 is 0 Å². The highest BCUT2D eigenvalue weighted by Crippen LogP contribution is 2.11. The van der Waals surface area contributed by atoms with Gasteiger partial charge in [0.15, 0.2) is 0 Å². The summed E-state index contributed by atoms with van der Waals surface area (Å²) in [6.07, 6.45) is 5.83. The number of alkyl carbamates (subject to hydrolysis) is 1. The molecule has 1 amide bonds. The van der Waals surface area contributed by atoms with Gasteiger partial charge < -0.3 is 15.8 Å². The van der Waals surface area contributed by atoms with Gasteiger partial charge in [-0.15, -0.1) is 0 Å². The average Bonchev–Trinajstić information content (AvgIpc) is 2.58. The van der Waals surface area contributed by atoms with E-state index in [1.165, 1.54) is 0 Å². The molecule has 1 aromatic heterocycles. The number of nitrogen functional groups attached to an aromatic ring is 1. The summed E-state index contributed by atoms with van der Waals surface area (Å²) in [5, 5.41) is 6.72. The third-order valence-corrected chi connectivity index (χ3v) is 2.29. The highest BCUT2D eigenvalue weighted by Gasteiger charge is 2.15. The molecule has 0 bridgehead atoms.